The Hall–Kier alpha value is -2.14. The number of benzene rings is 2. The maximum absolute atomic E-state index is 14.3. The number of hydrogen-bond donors (Lipinski definition) is 0. The first-order chi connectivity index (χ1) is 14.1. The van der Waals surface area contributed by atoms with Gasteiger partial charge >= 0.3 is 0 Å². The average molecular weight is 395 g/mol. The molecule has 2 aromatic rings. The van der Waals surface area contributed by atoms with E-state index in [0.717, 1.165) is 24.3 Å². The lowest BCUT2D eigenvalue weighted by atomic mass is 9.77. The van der Waals surface area contributed by atoms with Crippen molar-refractivity contribution in [1.82, 2.24) is 0 Å². The van der Waals surface area contributed by atoms with Gasteiger partial charge in [0.15, 0.2) is 0 Å². The van der Waals surface area contributed by atoms with Gasteiger partial charge in [-0.3, -0.25) is 0 Å². The number of halogens is 2. The maximum Gasteiger partial charge on any atom is 0.142 e. The van der Waals surface area contributed by atoms with Crippen molar-refractivity contribution in [2.24, 2.45) is 5.92 Å². The molecule has 1 aliphatic carbocycles. The van der Waals surface area contributed by atoms with Gasteiger partial charge in [-0.05, 0) is 85.8 Å². The van der Waals surface area contributed by atoms with Crippen LogP contribution in [0.3, 0.4) is 0 Å². The van der Waals surface area contributed by atoms with Gasteiger partial charge < -0.3 is 0 Å². The van der Waals surface area contributed by atoms with Crippen molar-refractivity contribution < 1.29 is 8.78 Å². The van der Waals surface area contributed by atoms with Crippen molar-refractivity contribution in [1.29, 1.82) is 0 Å². The molecule has 29 heavy (non-hydrogen) atoms. The van der Waals surface area contributed by atoms with Crippen molar-refractivity contribution in [2.75, 3.05) is 0 Å². The second-order valence-corrected chi connectivity index (χ2v) is 8.42. The minimum absolute atomic E-state index is 0.136. The largest absolute Gasteiger partial charge is 0.206 e. The Kier molecular flexibility index (Phi) is 7.87. The second kappa shape index (κ2) is 10.6. The van der Waals surface area contributed by atoms with Crippen LogP contribution in [0.4, 0.5) is 8.78 Å². The molecule has 154 valence electrons. The molecule has 2 aromatic carbocycles. The molecule has 0 heterocycles. The Balaban J connectivity index is 1.66. The van der Waals surface area contributed by atoms with Gasteiger partial charge in [0.1, 0.15) is 11.6 Å². The summed E-state index contributed by atoms with van der Waals surface area (Å²) < 4.78 is 28.6. The Bertz CT molecular complexity index is 823. The molecular weight excluding hydrogens is 362 g/mol. The SMILES string of the molecule is CCCCc1cc(F)c(C#Cc2ccc(C3CCC(CCC)CC3)cc2)c(F)c1. The number of unbranched alkanes of at least 4 members (excludes halogenated alkanes) is 1. The molecule has 0 spiro atoms. The zero-order chi connectivity index (χ0) is 20.6. The topological polar surface area (TPSA) is 0 Å². The summed E-state index contributed by atoms with van der Waals surface area (Å²) >= 11 is 0. The smallest absolute Gasteiger partial charge is 0.142 e. The van der Waals surface area contributed by atoms with E-state index in [1.165, 1.54) is 56.2 Å². The molecule has 0 amide bonds. The first-order valence-corrected chi connectivity index (χ1v) is 11.2. The molecule has 1 fully saturated rings. The van der Waals surface area contributed by atoms with E-state index in [0.29, 0.717) is 17.9 Å². The zero-order valence-corrected chi connectivity index (χ0v) is 17.7. The van der Waals surface area contributed by atoms with E-state index >= 15 is 0 Å². The first kappa shape index (κ1) is 21.6. The summed E-state index contributed by atoms with van der Waals surface area (Å²) in [5.41, 5.74) is 2.72. The molecule has 0 aromatic heterocycles. The highest BCUT2D eigenvalue weighted by Crippen LogP contribution is 2.37. The second-order valence-electron chi connectivity index (χ2n) is 8.42. The van der Waals surface area contributed by atoms with Crippen LogP contribution in [0.5, 0.6) is 0 Å². The van der Waals surface area contributed by atoms with Gasteiger partial charge in [-0.25, -0.2) is 8.78 Å². The quantitative estimate of drug-likeness (QED) is 0.439. The zero-order valence-electron chi connectivity index (χ0n) is 17.7. The minimum Gasteiger partial charge on any atom is -0.206 e. The molecule has 1 saturated carbocycles. The van der Waals surface area contributed by atoms with Gasteiger partial charge in [-0.1, -0.05) is 57.1 Å². The third-order valence-electron chi connectivity index (χ3n) is 6.18. The van der Waals surface area contributed by atoms with Crippen molar-refractivity contribution in [3.8, 4) is 11.8 Å². The van der Waals surface area contributed by atoms with Gasteiger partial charge in [0, 0.05) is 5.56 Å². The summed E-state index contributed by atoms with van der Waals surface area (Å²) in [6.07, 6.45) is 10.4. The Morgan fingerprint density at radius 2 is 1.52 bits per heavy atom. The van der Waals surface area contributed by atoms with Crippen LogP contribution in [0.25, 0.3) is 0 Å². The monoisotopic (exact) mass is 394 g/mol. The standard InChI is InChI=1S/C27H32F2/c1-3-5-7-22-18-26(28)25(27(29)19-22)17-12-21-10-15-24(16-11-21)23-13-8-20(6-4-2)9-14-23/h10-11,15-16,18-20,23H,3-9,13-14H2,1-2H3. The molecule has 0 N–H and O–H groups in total. The highest BCUT2D eigenvalue weighted by molar-refractivity contribution is 5.45. The van der Waals surface area contributed by atoms with Crippen molar-refractivity contribution in [3.63, 3.8) is 0 Å². The van der Waals surface area contributed by atoms with Crippen molar-refractivity contribution >= 4 is 0 Å². The van der Waals surface area contributed by atoms with E-state index in [1.54, 1.807) is 0 Å². The van der Waals surface area contributed by atoms with E-state index in [9.17, 15) is 8.78 Å². The Morgan fingerprint density at radius 1 is 0.862 bits per heavy atom. The van der Waals surface area contributed by atoms with Gasteiger partial charge in [0.05, 0.1) is 5.56 Å². The van der Waals surface area contributed by atoms with E-state index in [1.807, 2.05) is 12.1 Å². The fraction of sp³-hybridized carbons (Fsp3) is 0.481. The molecule has 0 aliphatic heterocycles. The molecule has 2 heteroatoms. The number of aryl methyl sites for hydroxylation is 1. The summed E-state index contributed by atoms with van der Waals surface area (Å²) in [6, 6.07) is 11.1. The Morgan fingerprint density at radius 3 is 2.10 bits per heavy atom. The van der Waals surface area contributed by atoms with Crippen molar-refractivity contribution in [2.45, 2.75) is 77.6 Å². The first-order valence-electron chi connectivity index (χ1n) is 11.2. The van der Waals surface area contributed by atoms with Crippen molar-refractivity contribution in [3.05, 3.63) is 70.3 Å². The van der Waals surface area contributed by atoms with E-state index in [4.69, 9.17) is 0 Å². The molecular formula is C27H32F2. The van der Waals surface area contributed by atoms with Crippen LogP contribution >= 0.6 is 0 Å². The summed E-state index contributed by atoms with van der Waals surface area (Å²) in [7, 11) is 0. The average Bonchev–Trinajstić information content (AvgIpc) is 2.73. The summed E-state index contributed by atoms with van der Waals surface area (Å²) in [4.78, 5) is 0. The number of rotatable bonds is 6. The third kappa shape index (κ3) is 5.92. The molecule has 0 bridgehead atoms. The molecule has 0 radical (unpaired) electrons. The summed E-state index contributed by atoms with van der Waals surface area (Å²) in [5, 5.41) is 0. The van der Waals surface area contributed by atoms with E-state index in [2.05, 4.69) is 37.8 Å². The molecule has 0 saturated heterocycles. The van der Waals surface area contributed by atoms with E-state index < -0.39 is 11.6 Å². The molecule has 0 atom stereocenters. The summed E-state index contributed by atoms with van der Waals surface area (Å²) in [5.74, 6) is 6.03. The van der Waals surface area contributed by atoms with Crippen LogP contribution < -0.4 is 0 Å². The Labute approximate surface area is 174 Å². The molecule has 1 aliphatic rings. The normalized spacial score (nSPS) is 18.9. The fourth-order valence-electron chi connectivity index (χ4n) is 4.44. The maximum atomic E-state index is 14.3. The molecule has 3 rings (SSSR count). The number of hydrogen-bond acceptors (Lipinski definition) is 0. The lowest BCUT2D eigenvalue weighted by Gasteiger charge is -2.28. The van der Waals surface area contributed by atoms with Gasteiger partial charge in [0.2, 0.25) is 0 Å². The van der Waals surface area contributed by atoms with Crippen LogP contribution in [0.2, 0.25) is 0 Å². The van der Waals surface area contributed by atoms with Gasteiger partial charge in [0.25, 0.3) is 0 Å². The lowest BCUT2D eigenvalue weighted by molar-refractivity contribution is 0.308. The predicted molar refractivity (Wildman–Crippen MR) is 117 cm³/mol. The molecule has 0 unspecified atom stereocenters. The highest BCUT2D eigenvalue weighted by Gasteiger charge is 2.21. The third-order valence-corrected chi connectivity index (χ3v) is 6.18. The van der Waals surface area contributed by atoms with Crippen LogP contribution in [0.1, 0.15) is 93.4 Å². The fourth-order valence-corrected chi connectivity index (χ4v) is 4.44. The van der Waals surface area contributed by atoms with Gasteiger partial charge in [-0.2, -0.15) is 0 Å². The van der Waals surface area contributed by atoms with Crippen LogP contribution in [0.15, 0.2) is 36.4 Å². The van der Waals surface area contributed by atoms with E-state index in [-0.39, 0.29) is 5.56 Å². The lowest BCUT2D eigenvalue weighted by Crippen LogP contribution is -2.13. The van der Waals surface area contributed by atoms with Crippen LogP contribution in [-0.2, 0) is 6.42 Å². The highest BCUT2D eigenvalue weighted by atomic mass is 19.1. The van der Waals surface area contributed by atoms with Crippen LogP contribution in [-0.4, -0.2) is 0 Å². The van der Waals surface area contributed by atoms with Crippen LogP contribution in [0, 0.1) is 29.4 Å². The minimum atomic E-state index is -0.566. The summed E-state index contributed by atoms with van der Waals surface area (Å²) in [6.45, 7) is 4.33. The predicted octanol–water partition coefficient (Wildman–Crippen LogP) is 7.78. The molecule has 0 nitrogen and oxygen atoms in total. The van der Waals surface area contributed by atoms with Gasteiger partial charge in [-0.15, -0.1) is 0 Å².